The molecule has 31 heavy (non-hydrogen) atoms. The molecule has 0 saturated carbocycles. The summed E-state index contributed by atoms with van der Waals surface area (Å²) < 4.78 is 39.2. The maximum atomic E-state index is 13.7. The summed E-state index contributed by atoms with van der Waals surface area (Å²) in [7, 11) is -1.05. The van der Waals surface area contributed by atoms with Gasteiger partial charge in [0.2, 0.25) is 15.9 Å². The minimum absolute atomic E-state index is 0.0149. The maximum Gasteiger partial charge on any atom is 0.247 e. The van der Waals surface area contributed by atoms with Crippen LogP contribution in [0.4, 0.5) is 0 Å². The van der Waals surface area contributed by atoms with Crippen molar-refractivity contribution in [3.8, 4) is 11.5 Å². The minimum atomic E-state index is -3.97. The molecular formula is C21H34N4O5S. The third-order valence-electron chi connectivity index (χ3n) is 5.88. The highest BCUT2D eigenvalue weighted by Crippen LogP contribution is 2.30. The first kappa shape index (κ1) is 23.8. The van der Waals surface area contributed by atoms with E-state index in [1.807, 2.05) is 0 Å². The first-order chi connectivity index (χ1) is 15.0. The summed E-state index contributed by atoms with van der Waals surface area (Å²) in [5.41, 5.74) is 0. The predicted octanol–water partition coefficient (Wildman–Crippen LogP) is 0.612. The van der Waals surface area contributed by atoms with E-state index in [4.69, 9.17) is 9.47 Å². The average molecular weight is 455 g/mol. The van der Waals surface area contributed by atoms with Crippen LogP contribution in [0.3, 0.4) is 0 Å². The van der Waals surface area contributed by atoms with Crippen molar-refractivity contribution in [2.45, 2.75) is 24.2 Å². The second-order valence-electron chi connectivity index (χ2n) is 7.89. The topological polar surface area (TPSA) is 91.4 Å². The second-order valence-corrected chi connectivity index (χ2v) is 9.79. The molecule has 2 fully saturated rings. The fourth-order valence-corrected chi connectivity index (χ4v) is 5.56. The minimum Gasteiger partial charge on any atom is -0.497 e. The number of likely N-dealkylation sites (tertiary alicyclic amines) is 1. The molecule has 10 heteroatoms. The van der Waals surface area contributed by atoms with Crippen LogP contribution in [0.1, 0.15) is 19.3 Å². The quantitative estimate of drug-likeness (QED) is 0.585. The number of methoxy groups -OCH3 is 2. The lowest BCUT2D eigenvalue weighted by molar-refractivity contribution is -0.132. The number of nitrogens with one attached hydrogen (secondary N) is 1. The molecule has 2 aliphatic heterocycles. The molecule has 0 radical (unpaired) electrons. The molecule has 174 valence electrons. The third-order valence-corrected chi connectivity index (χ3v) is 7.75. The summed E-state index contributed by atoms with van der Waals surface area (Å²) >= 11 is 0. The zero-order chi connectivity index (χ0) is 22.3. The van der Waals surface area contributed by atoms with Crippen LogP contribution < -0.4 is 14.8 Å². The number of nitrogens with zero attached hydrogens (tertiary/aromatic N) is 3. The van der Waals surface area contributed by atoms with Crippen molar-refractivity contribution in [1.82, 2.24) is 19.4 Å². The van der Waals surface area contributed by atoms with Crippen molar-refractivity contribution in [1.29, 1.82) is 0 Å². The molecule has 2 heterocycles. The van der Waals surface area contributed by atoms with E-state index in [-0.39, 0.29) is 29.6 Å². The van der Waals surface area contributed by atoms with Crippen molar-refractivity contribution in [3.05, 3.63) is 18.2 Å². The summed E-state index contributed by atoms with van der Waals surface area (Å²) in [6.45, 7) is 5.19. The van der Waals surface area contributed by atoms with Crippen LogP contribution in [0.5, 0.6) is 11.5 Å². The normalized spacial score (nSPS) is 18.2. The molecule has 3 rings (SSSR count). The highest BCUT2D eigenvalue weighted by atomic mass is 32.2. The number of ether oxygens (including phenoxy) is 2. The van der Waals surface area contributed by atoms with E-state index in [9.17, 15) is 13.2 Å². The van der Waals surface area contributed by atoms with Crippen LogP contribution in [-0.4, -0.2) is 102 Å². The van der Waals surface area contributed by atoms with E-state index in [2.05, 4.69) is 10.2 Å². The number of piperazine rings is 1. The number of amides is 1. The van der Waals surface area contributed by atoms with Gasteiger partial charge in [0.1, 0.15) is 16.4 Å². The van der Waals surface area contributed by atoms with E-state index in [1.54, 1.807) is 17.0 Å². The van der Waals surface area contributed by atoms with Crippen molar-refractivity contribution < 1.29 is 22.7 Å². The fraction of sp³-hybridized carbons (Fsp3) is 0.667. The predicted molar refractivity (Wildman–Crippen MR) is 118 cm³/mol. The number of sulfonamides is 1. The highest BCUT2D eigenvalue weighted by molar-refractivity contribution is 7.89. The van der Waals surface area contributed by atoms with Gasteiger partial charge in [-0.3, -0.25) is 4.79 Å². The Kier molecular flexibility index (Phi) is 8.53. The van der Waals surface area contributed by atoms with Crippen molar-refractivity contribution >= 4 is 15.9 Å². The molecule has 0 aliphatic carbocycles. The lowest BCUT2D eigenvalue weighted by atomic mass is 10.1. The van der Waals surface area contributed by atoms with Gasteiger partial charge in [-0.15, -0.1) is 0 Å². The number of carbonyl (C=O) groups excluding carboxylic acids is 1. The van der Waals surface area contributed by atoms with Crippen LogP contribution in [0.25, 0.3) is 0 Å². The Morgan fingerprint density at radius 2 is 1.77 bits per heavy atom. The largest absolute Gasteiger partial charge is 0.497 e. The Morgan fingerprint density at radius 1 is 1.06 bits per heavy atom. The Bertz CT molecular complexity index is 836. The third kappa shape index (κ3) is 6.09. The van der Waals surface area contributed by atoms with Crippen molar-refractivity contribution in [2.75, 3.05) is 73.1 Å². The summed E-state index contributed by atoms with van der Waals surface area (Å²) in [6, 6.07) is 4.69. The summed E-state index contributed by atoms with van der Waals surface area (Å²) in [5.74, 6) is 0.479. The van der Waals surface area contributed by atoms with Gasteiger partial charge < -0.3 is 24.6 Å². The molecule has 0 atom stereocenters. The van der Waals surface area contributed by atoms with Gasteiger partial charge in [-0.2, -0.15) is 4.31 Å². The molecule has 0 bridgehead atoms. The van der Waals surface area contributed by atoms with Gasteiger partial charge in [-0.25, -0.2) is 8.42 Å². The number of hydrogen-bond acceptors (Lipinski definition) is 7. The summed E-state index contributed by atoms with van der Waals surface area (Å²) in [5, 5.41) is 3.21. The number of benzene rings is 1. The monoisotopic (exact) mass is 454 g/mol. The Labute approximate surface area is 185 Å². The summed E-state index contributed by atoms with van der Waals surface area (Å²) in [4.78, 5) is 16.9. The van der Waals surface area contributed by atoms with Crippen LogP contribution in [0.15, 0.2) is 23.1 Å². The van der Waals surface area contributed by atoms with E-state index < -0.39 is 10.0 Å². The van der Waals surface area contributed by atoms with E-state index in [1.165, 1.54) is 31.0 Å². The molecule has 1 N–H and O–H groups in total. The molecule has 0 unspecified atom stereocenters. The molecule has 2 aliphatic rings. The van der Waals surface area contributed by atoms with Gasteiger partial charge >= 0.3 is 0 Å². The van der Waals surface area contributed by atoms with Gasteiger partial charge in [0.15, 0.2) is 0 Å². The highest BCUT2D eigenvalue weighted by Gasteiger charge is 2.32. The van der Waals surface area contributed by atoms with Crippen LogP contribution in [0, 0.1) is 0 Å². The second kappa shape index (κ2) is 11.1. The molecule has 0 aromatic heterocycles. The first-order valence-corrected chi connectivity index (χ1v) is 12.3. The molecule has 1 aromatic rings. The maximum absolute atomic E-state index is 13.7. The number of rotatable bonds is 9. The van der Waals surface area contributed by atoms with Gasteiger partial charge in [-0.1, -0.05) is 6.42 Å². The molecule has 9 nitrogen and oxygen atoms in total. The fourth-order valence-electron chi connectivity index (χ4n) is 4.01. The zero-order valence-corrected chi connectivity index (χ0v) is 19.3. The van der Waals surface area contributed by atoms with Gasteiger partial charge in [0.05, 0.1) is 20.8 Å². The van der Waals surface area contributed by atoms with Gasteiger partial charge in [0, 0.05) is 45.3 Å². The average Bonchev–Trinajstić information content (AvgIpc) is 2.82. The van der Waals surface area contributed by atoms with E-state index >= 15 is 0 Å². The molecule has 0 spiro atoms. The zero-order valence-electron chi connectivity index (χ0n) is 18.5. The molecule has 1 aromatic carbocycles. The molecule has 2 saturated heterocycles. The van der Waals surface area contributed by atoms with E-state index in [0.717, 1.165) is 39.0 Å². The summed E-state index contributed by atoms with van der Waals surface area (Å²) in [6.07, 6.45) is 3.45. The Morgan fingerprint density at radius 3 is 2.42 bits per heavy atom. The van der Waals surface area contributed by atoms with Crippen molar-refractivity contribution in [2.24, 2.45) is 0 Å². The Balaban J connectivity index is 1.85. The van der Waals surface area contributed by atoms with Crippen LogP contribution in [-0.2, 0) is 14.8 Å². The first-order valence-electron chi connectivity index (χ1n) is 10.9. The SMILES string of the molecule is COc1ccc(OC)c(S(=O)(=O)N(CCN2CCCCC2)CC(=O)N2CCNCC2)c1. The smallest absolute Gasteiger partial charge is 0.247 e. The lowest BCUT2D eigenvalue weighted by Gasteiger charge is -2.32. The van der Waals surface area contributed by atoms with Crippen LogP contribution in [0.2, 0.25) is 0 Å². The standard InChI is InChI=1S/C21H34N4O5S/c1-29-18-6-7-19(30-2)20(16-18)31(27,28)25(15-14-23-10-4-3-5-11-23)17-21(26)24-12-8-22-9-13-24/h6-7,16,22H,3-5,8-15,17H2,1-2H3. The van der Waals surface area contributed by atoms with E-state index in [0.29, 0.717) is 25.4 Å². The van der Waals surface area contributed by atoms with Crippen molar-refractivity contribution in [3.63, 3.8) is 0 Å². The van der Waals surface area contributed by atoms with Crippen LogP contribution >= 0.6 is 0 Å². The Hall–Kier alpha value is -1.88. The number of piperidine rings is 1. The van der Waals surface area contributed by atoms with Gasteiger partial charge in [0.25, 0.3) is 0 Å². The molecule has 1 amide bonds. The molecular weight excluding hydrogens is 420 g/mol. The number of carbonyl (C=O) groups is 1. The lowest BCUT2D eigenvalue weighted by Crippen LogP contribution is -2.51. The number of hydrogen-bond donors (Lipinski definition) is 1. The van der Waals surface area contributed by atoms with Gasteiger partial charge in [-0.05, 0) is 38.1 Å².